The van der Waals surface area contributed by atoms with Crippen LogP contribution in [-0.4, -0.2) is 74.9 Å². The third-order valence-electron chi connectivity index (χ3n) is 8.07. The molecular formula is C30H39N5O4. The molecule has 5 rings (SSSR count). The number of carbonyl (C=O) groups excluding carboxylic acids is 2. The molecule has 0 atom stereocenters. The summed E-state index contributed by atoms with van der Waals surface area (Å²) in [5.41, 5.74) is 3.11. The molecule has 4 heterocycles. The second kappa shape index (κ2) is 13.1. The van der Waals surface area contributed by atoms with E-state index in [1.54, 1.807) is 18.5 Å². The van der Waals surface area contributed by atoms with Gasteiger partial charge in [-0.25, -0.2) is 9.78 Å². The predicted molar refractivity (Wildman–Crippen MR) is 152 cm³/mol. The average molecular weight is 534 g/mol. The van der Waals surface area contributed by atoms with Gasteiger partial charge in [-0.1, -0.05) is 6.07 Å². The van der Waals surface area contributed by atoms with Crippen molar-refractivity contribution in [2.75, 3.05) is 67.7 Å². The van der Waals surface area contributed by atoms with Crippen LogP contribution in [0.2, 0.25) is 0 Å². The summed E-state index contributed by atoms with van der Waals surface area (Å²) >= 11 is 0. The highest BCUT2D eigenvalue weighted by Gasteiger charge is 2.31. The molecule has 0 aliphatic carbocycles. The number of piperidine rings is 1. The third-order valence-corrected chi connectivity index (χ3v) is 8.07. The predicted octanol–water partition coefficient (Wildman–Crippen LogP) is 3.94. The maximum atomic E-state index is 13.7. The number of benzene rings is 1. The normalized spacial score (nSPS) is 19.0. The molecule has 1 amide bonds. The fraction of sp³-hybridized carbons (Fsp3) is 0.533. The Hall–Kier alpha value is -3.46. The molecule has 208 valence electrons. The highest BCUT2D eigenvalue weighted by Crippen LogP contribution is 2.30. The fourth-order valence-electron chi connectivity index (χ4n) is 5.76. The van der Waals surface area contributed by atoms with E-state index in [-0.39, 0.29) is 11.8 Å². The number of nitrogens with zero attached hydrogens (tertiary/aromatic N) is 5. The number of hydrogen-bond donors (Lipinski definition) is 0. The molecule has 3 fully saturated rings. The molecule has 0 spiro atoms. The fourth-order valence-corrected chi connectivity index (χ4v) is 5.76. The molecule has 0 N–H and O–H groups in total. The van der Waals surface area contributed by atoms with Crippen molar-refractivity contribution in [3.8, 4) is 0 Å². The number of amides is 1. The van der Waals surface area contributed by atoms with Crippen LogP contribution in [0.4, 0.5) is 17.2 Å². The van der Waals surface area contributed by atoms with Gasteiger partial charge in [0.25, 0.3) is 0 Å². The van der Waals surface area contributed by atoms with Gasteiger partial charge >= 0.3 is 5.97 Å². The maximum absolute atomic E-state index is 13.7. The second-order valence-electron chi connectivity index (χ2n) is 10.6. The van der Waals surface area contributed by atoms with Gasteiger partial charge in [0.1, 0.15) is 0 Å². The summed E-state index contributed by atoms with van der Waals surface area (Å²) in [6.45, 7) is 6.02. The van der Waals surface area contributed by atoms with Gasteiger partial charge in [0.05, 0.1) is 25.2 Å². The smallest absolute Gasteiger partial charge is 0.330 e. The van der Waals surface area contributed by atoms with E-state index < -0.39 is 5.97 Å². The summed E-state index contributed by atoms with van der Waals surface area (Å²) in [7, 11) is 1.33. The van der Waals surface area contributed by atoms with E-state index in [2.05, 4.69) is 48.8 Å². The van der Waals surface area contributed by atoms with Gasteiger partial charge in [0.2, 0.25) is 5.91 Å². The number of aromatic nitrogens is 2. The van der Waals surface area contributed by atoms with E-state index in [0.717, 1.165) is 51.9 Å². The van der Waals surface area contributed by atoms with Crippen molar-refractivity contribution in [1.82, 2.24) is 9.97 Å². The zero-order valence-corrected chi connectivity index (χ0v) is 22.8. The molecule has 3 saturated heterocycles. The number of carbonyl (C=O) groups is 2. The Bertz CT molecular complexity index is 1150. The minimum atomic E-state index is -0.463. The van der Waals surface area contributed by atoms with Crippen molar-refractivity contribution in [2.45, 2.75) is 38.5 Å². The molecule has 3 aliphatic heterocycles. The monoisotopic (exact) mass is 533 g/mol. The maximum Gasteiger partial charge on any atom is 0.330 e. The molecule has 9 heteroatoms. The highest BCUT2D eigenvalue weighted by molar-refractivity contribution is 5.94. The van der Waals surface area contributed by atoms with Crippen molar-refractivity contribution in [2.24, 2.45) is 11.8 Å². The molecule has 0 radical (unpaired) electrons. The number of anilines is 3. The van der Waals surface area contributed by atoms with Crippen LogP contribution in [0.5, 0.6) is 0 Å². The Kier molecular flexibility index (Phi) is 9.08. The lowest BCUT2D eigenvalue weighted by molar-refractivity contribution is -0.134. The molecule has 1 aromatic carbocycles. The lowest BCUT2D eigenvalue weighted by Crippen LogP contribution is -2.44. The van der Waals surface area contributed by atoms with E-state index >= 15 is 0 Å². The standard InChI is InChI=1S/C30H39N5O4/c1-38-29(36)8-7-25-20-31-21-28(32-25)35(30(37)24-11-17-39-18-12-24)22-23-9-15-34(16-10-23)27-6-4-5-26(19-27)33-13-2-3-14-33/h4-8,19-21,23-24H,2-3,9-18,22H2,1H3/b8-7+. The quantitative estimate of drug-likeness (QED) is 0.373. The highest BCUT2D eigenvalue weighted by atomic mass is 16.5. The van der Waals surface area contributed by atoms with Crippen LogP contribution in [0, 0.1) is 11.8 Å². The van der Waals surface area contributed by atoms with Crippen molar-refractivity contribution in [3.63, 3.8) is 0 Å². The van der Waals surface area contributed by atoms with E-state index in [0.29, 0.717) is 37.2 Å². The van der Waals surface area contributed by atoms with Gasteiger partial charge in [0, 0.05) is 69.3 Å². The van der Waals surface area contributed by atoms with Crippen molar-refractivity contribution in [3.05, 3.63) is 48.4 Å². The van der Waals surface area contributed by atoms with Gasteiger partial charge in [-0.15, -0.1) is 0 Å². The zero-order chi connectivity index (χ0) is 27.0. The number of methoxy groups -OCH3 is 1. The largest absolute Gasteiger partial charge is 0.466 e. The van der Waals surface area contributed by atoms with Gasteiger partial charge < -0.3 is 19.3 Å². The molecule has 1 aromatic heterocycles. The van der Waals surface area contributed by atoms with Gasteiger partial charge in [-0.3, -0.25) is 14.7 Å². The van der Waals surface area contributed by atoms with E-state index in [1.807, 2.05) is 4.90 Å². The first-order valence-corrected chi connectivity index (χ1v) is 14.2. The molecule has 2 aromatic rings. The minimum Gasteiger partial charge on any atom is -0.466 e. The summed E-state index contributed by atoms with van der Waals surface area (Å²) in [5, 5.41) is 0. The Morgan fingerprint density at radius 3 is 2.41 bits per heavy atom. The van der Waals surface area contributed by atoms with E-state index in [9.17, 15) is 9.59 Å². The van der Waals surface area contributed by atoms with Crippen LogP contribution in [0.25, 0.3) is 6.08 Å². The summed E-state index contributed by atoms with van der Waals surface area (Å²) in [5.74, 6) is 0.433. The molecule has 0 bridgehead atoms. The van der Waals surface area contributed by atoms with Gasteiger partial charge in [0.15, 0.2) is 5.82 Å². The van der Waals surface area contributed by atoms with Crippen LogP contribution in [0.3, 0.4) is 0 Å². The number of hydrogen-bond acceptors (Lipinski definition) is 8. The first-order valence-electron chi connectivity index (χ1n) is 14.2. The summed E-state index contributed by atoms with van der Waals surface area (Å²) in [6, 6.07) is 8.93. The molecule has 0 unspecified atom stereocenters. The van der Waals surface area contributed by atoms with Crippen LogP contribution in [0.1, 0.15) is 44.2 Å². The van der Waals surface area contributed by atoms with E-state index in [4.69, 9.17) is 4.74 Å². The van der Waals surface area contributed by atoms with Crippen LogP contribution in [0.15, 0.2) is 42.7 Å². The minimum absolute atomic E-state index is 0.0803. The summed E-state index contributed by atoms with van der Waals surface area (Å²) in [6.07, 6.45) is 12.1. The van der Waals surface area contributed by atoms with Gasteiger partial charge in [-0.05, 0) is 68.7 Å². The average Bonchev–Trinajstić information content (AvgIpc) is 3.55. The van der Waals surface area contributed by atoms with E-state index in [1.165, 1.54) is 37.4 Å². The molecule has 39 heavy (non-hydrogen) atoms. The van der Waals surface area contributed by atoms with Crippen molar-refractivity contribution >= 4 is 35.1 Å². The third kappa shape index (κ3) is 6.95. The number of rotatable bonds is 8. The molecule has 0 saturated carbocycles. The first-order chi connectivity index (χ1) is 19.1. The van der Waals surface area contributed by atoms with Crippen LogP contribution in [-0.2, 0) is 19.1 Å². The van der Waals surface area contributed by atoms with Gasteiger partial charge in [-0.2, -0.15) is 0 Å². The Labute approximate surface area is 230 Å². The molecule has 3 aliphatic rings. The second-order valence-corrected chi connectivity index (χ2v) is 10.6. The number of ether oxygens (including phenoxy) is 2. The Morgan fingerprint density at radius 2 is 1.72 bits per heavy atom. The lowest BCUT2D eigenvalue weighted by Gasteiger charge is -2.37. The number of esters is 1. The molecular weight excluding hydrogens is 494 g/mol. The first kappa shape index (κ1) is 27.1. The van der Waals surface area contributed by atoms with Crippen molar-refractivity contribution < 1.29 is 19.1 Å². The zero-order valence-electron chi connectivity index (χ0n) is 22.8. The summed E-state index contributed by atoms with van der Waals surface area (Å²) in [4.78, 5) is 41.1. The SMILES string of the molecule is COC(=O)/C=C/c1cncc(N(CC2CCN(c3cccc(N4CCCC4)c3)CC2)C(=O)C2CCOCC2)n1. The summed E-state index contributed by atoms with van der Waals surface area (Å²) < 4.78 is 10.2. The van der Waals surface area contributed by atoms with Crippen LogP contribution < -0.4 is 14.7 Å². The Morgan fingerprint density at radius 1 is 1.03 bits per heavy atom. The topological polar surface area (TPSA) is 88.1 Å². The van der Waals surface area contributed by atoms with Crippen molar-refractivity contribution in [1.29, 1.82) is 0 Å². The lowest BCUT2D eigenvalue weighted by atomic mass is 9.93. The Balaban J connectivity index is 1.28. The van der Waals surface area contributed by atoms with Crippen LogP contribution >= 0.6 is 0 Å². The molecule has 9 nitrogen and oxygen atoms in total.